The fourth-order valence-electron chi connectivity index (χ4n) is 3.23. The van der Waals surface area contributed by atoms with E-state index in [4.69, 9.17) is 14.2 Å². The molecule has 0 spiro atoms. The summed E-state index contributed by atoms with van der Waals surface area (Å²) >= 11 is 0. The summed E-state index contributed by atoms with van der Waals surface area (Å²) in [6.45, 7) is 1.69. The van der Waals surface area contributed by atoms with Crippen molar-refractivity contribution in [2.45, 2.75) is 38.6 Å². The number of hydrogen-bond acceptors (Lipinski definition) is 6. The lowest BCUT2D eigenvalue weighted by atomic mass is 9.86. The van der Waals surface area contributed by atoms with E-state index in [2.05, 4.69) is 12.2 Å². The van der Waals surface area contributed by atoms with Crippen molar-refractivity contribution in [1.29, 1.82) is 0 Å². The third-order valence-electron chi connectivity index (χ3n) is 4.70. The first kappa shape index (κ1) is 19.8. The zero-order valence-electron chi connectivity index (χ0n) is 15.4. The number of esters is 1. The van der Waals surface area contributed by atoms with Crippen LogP contribution in [0.1, 0.15) is 53.3 Å². The largest absolute Gasteiger partial charge is 0.493 e. The molecule has 7 nitrogen and oxygen atoms in total. The van der Waals surface area contributed by atoms with Crippen LogP contribution in [-0.2, 0) is 9.53 Å². The number of nitrogens with one attached hydrogen (secondary N) is 1. The summed E-state index contributed by atoms with van der Waals surface area (Å²) in [5.41, 5.74) is 0.0506. The van der Waals surface area contributed by atoms with Crippen LogP contribution in [0.25, 0.3) is 0 Å². The van der Waals surface area contributed by atoms with E-state index in [9.17, 15) is 14.4 Å². The Morgan fingerprint density at radius 1 is 1.19 bits per heavy atom. The molecule has 0 bridgehead atoms. The van der Waals surface area contributed by atoms with Crippen molar-refractivity contribution < 1.29 is 28.6 Å². The van der Waals surface area contributed by atoms with Crippen LogP contribution < -0.4 is 14.8 Å². The Morgan fingerprint density at radius 3 is 2.54 bits per heavy atom. The molecule has 1 N–H and O–H groups in total. The minimum atomic E-state index is -0.810. The predicted molar refractivity (Wildman–Crippen MR) is 94.8 cm³/mol. The van der Waals surface area contributed by atoms with Crippen LogP contribution in [0.3, 0.4) is 0 Å². The molecule has 1 aliphatic carbocycles. The van der Waals surface area contributed by atoms with Gasteiger partial charge >= 0.3 is 5.97 Å². The number of amides is 1. The number of carbonyl (C=O) groups excluding carboxylic acids is 3. The number of benzene rings is 1. The van der Waals surface area contributed by atoms with Gasteiger partial charge in [0.1, 0.15) is 5.56 Å². The molecule has 1 aromatic carbocycles. The molecule has 26 heavy (non-hydrogen) atoms. The van der Waals surface area contributed by atoms with E-state index in [0.29, 0.717) is 18.0 Å². The van der Waals surface area contributed by atoms with Crippen LogP contribution in [0.4, 0.5) is 0 Å². The lowest BCUT2D eigenvalue weighted by Crippen LogP contribution is -2.42. The molecule has 0 aromatic heterocycles. The van der Waals surface area contributed by atoms with Crippen molar-refractivity contribution in [1.82, 2.24) is 5.32 Å². The zero-order valence-corrected chi connectivity index (χ0v) is 15.4. The van der Waals surface area contributed by atoms with Crippen LogP contribution in [0.5, 0.6) is 11.5 Å². The van der Waals surface area contributed by atoms with Crippen LogP contribution in [-0.4, -0.2) is 45.0 Å². The SMILES string of the molecule is COc1ccc(C=O)c(C(=O)OCC(=O)N[C@H]2CCCC[C@H]2C)c1OC. The maximum Gasteiger partial charge on any atom is 0.343 e. The summed E-state index contributed by atoms with van der Waals surface area (Å²) in [7, 11) is 2.78. The van der Waals surface area contributed by atoms with Crippen molar-refractivity contribution in [2.75, 3.05) is 20.8 Å². The number of hydrogen-bond donors (Lipinski definition) is 1. The minimum Gasteiger partial charge on any atom is -0.493 e. The lowest BCUT2D eigenvalue weighted by molar-refractivity contribution is -0.125. The molecule has 0 radical (unpaired) electrons. The van der Waals surface area contributed by atoms with Gasteiger partial charge < -0.3 is 19.5 Å². The summed E-state index contributed by atoms with van der Waals surface area (Å²) in [5, 5.41) is 2.91. The second kappa shape index (κ2) is 9.22. The quantitative estimate of drug-likeness (QED) is 0.591. The zero-order chi connectivity index (χ0) is 19.1. The molecule has 142 valence electrons. The summed E-state index contributed by atoms with van der Waals surface area (Å²) in [5.74, 6) is -0.362. The second-order valence-electron chi connectivity index (χ2n) is 6.40. The van der Waals surface area contributed by atoms with Crippen molar-refractivity contribution in [3.05, 3.63) is 23.3 Å². The highest BCUT2D eigenvalue weighted by molar-refractivity contribution is 6.02. The van der Waals surface area contributed by atoms with Gasteiger partial charge in [-0.05, 0) is 30.9 Å². The predicted octanol–water partition coefficient (Wildman–Crippen LogP) is 2.37. The van der Waals surface area contributed by atoms with E-state index >= 15 is 0 Å². The minimum absolute atomic E-state index is 0.0549. The summed E-state index contributed by atoms with van der Waals surface area (Å²) in [6, 6.07) is 3.07. The van der Waals surface area contributed by atoms with E-state index in [1.807, 2.05) is 0 Å². The molecule has 2 rings (SSSR count). The molecule has 1 saturated carbocycles. The molecule has 0 saturated heterocycles. The van der Waals surface area contributed by atoms with E-state index in [1.165, 1.54) is 32.8 Å². The summed E-state index contributed by atoms with van der Waals surface area (Å²) in [4.78, 5) is 35.8. The lowest BCUT2D eigenvalue weighted by Gasteiger charge is -2.29. The second-order valence-corrected chi connectivity index (χ2v) is 6.40. The normalized spacial score (nSPS) is 19.3. The van der Waals surface area contributed by atoms with E-state index in [1.54, 1.807) is 0 Å². The molecule has 1 aromatic rings. The van der Waals surface area contributed by atoms with Gasteiger partial charge in [0.25, 0.3) is 5.91 Å². The topological polar surface area (TPSA) is 90.9 Å². The Labute approximate surface area is 153 Å². The number of carbonyl (C=O) groups is 3. The average molecular weight is 363 g/mol. The molecule has 1 amide bonds. The number of ether oxygens (including phenoxy) is 3. The monoisotopic (exact) mass is 363 g/mol. The molecule has 7 heteroatoms. The molecule has 1 fully saturated rings. The van der Waals surface area contributed by atoms with Crippen molar-refractivity contribution in [3.8, 4) is 11.5 Å². The highest BCUT2D eigenvalue weighted by atomic mass is 16.5. The maximum atomic E-state index is 12.4. The number of methoxy groups -OCH3 is 2. The molecule has 0 unspecified atom stereocenters. The fraction of sp³-hybridized carbons (Fsp3) is 0.526. The summed E-state index contributed by atoms with van der Waals surface area (Å²) in [6.07, 6.45) is 4.79. The molecule has 0 aliphatic heterocycles. The highest BCUT2D eigenvalue weighted by Gasteiger charge is 2.25. The van der Waals surface area contributed by atoms with Gasteiger partial charge in [-0.3, -0.25) is 9.59 Å². The van der Waals surface area contributed by atoms with Crippen molar-refractivity contribution in [3.63, 3.8) is 0 Å². The Kier molecular flexibility index (Phi) is 7.00. The Bertz CT molecular complexity index is 672. The van der Waals surface area contributed by atoms with Gasteiger partial charge in [-0.2, -0.15) is 0 Å². The van der Waals surface area contributed by atoms with Gasteiger partial charge in [0.2, 0.25) is 0 Å². The summed E-state index contributed by atoms with van der Waals surface area (Å²) < 4.78 is 15.4. The first-order chi connectivity index (χ1) is 12.5. The highest BCUT2D eigenvalue weighted by Crippen LogP contribution is 2.33. The van der Waals surface area contributed by atoms with Gasteiger partial charge in [0.05, 0.1) is 14.2 Å². The van der Waals surface area contributed by atoms with E-state index in [0.717, 1.165) is 19.3 Å². The number of rotatable bonds is 7. The van der Waals surface area contributed by atoms with E-state index in [-0.39, 0.29) is 28.8 Å². The van der Waals surface area contributed by atoms with Gasteiger partial charge in [0, 0.05) is 11.6 Å². The molecule has 0 heterocycles. The van der Waals surface area contributed by atoms with Crippen LogP contribution >= 0.6 is 0 Å². The van der Waals surface area contributed by atoms with Crippen LogP contribution in [0, 0.1) is 5.92 Å². The molecule has 2 atom stereocenters. The first-order valence-electron chi connectivity index (χ1n) is 8.68. The Hall–Kier alpha value is -2.57. The van der Waals surface area contributed by atoms with Crippen molar-refractivity contribution >= 4 is 18.2 Å². The van der Waals surface area contributed by atoms with Crippen LogP contribution in [0.15, 0.2) is 12.1 Å². The maximum absolute atomic E-state index is 12.4. The average Bonchev–Trinajstić information content (AvgIpc) is 2.66. The van der Waals surface area contributed by atoms with Crippen LogP contribution in [0.2, 0.25) is 0 Å². The van der Waals surface area contributed by atoms with Gasteiger partial charge in [-0.1, -0.05) is 19.8 Å². The molecular weight excluding hydrogens is 338 g/mol. The number of aldehydes is 1. The first-order valence-corrected chi connectivity index (χ1v) is 8.68. The molecular formula is C19H25NO6. The Balaban J connectivity index is 2.05. The molecule has 1 aliphatic rings. The van der Waals surface area contributed by atoms with Crippen molar-refractivity contribution in [2.24, 2.45) is 5.92 Å². The van der Waals surface area contributed by atoms with E-state index < -0.39 is 12.6 Å². The Morgan fingerprint density at radius 2 is 1.92 bits per heavy atom. The van der Waals surface area contributed by atoms with Gasteiger partial charge in [0.15, 0.2) is 24.4 Å². The van der Waals surface area contributed by atoms with Gasteiger partial charge in [-0.15, -0.1) is 0 Å². The third-order valence-corrected chi connectivity index (χ3v) is 4.70. The fourth-order valence-corrected chi connectivity index (χ4v) is 3.23. The van der Waals surface area contributed by atoms with Gasteiger partial charge in [-0.25, -0.2) is 4.79 Å². The third kappa shape index (κ3) is 4.53. The smallest absolute Gasteiger partial charge is 0.343 e. The standard InChI is InChI=1S/C19H25NO6/c1-12-6-4-5-7-14(12)20-16(22)11-26-19(23)17-13(10-21)8-9-15(24-2)18(17)25-3/h8-10,12,14H,4-7,11H2,1-3H3,(H,20,22)/t12-,14+/m1/s1.